The van der Waals surface area contributed by atoms with E-state index in [1.165, 1.54) is 15.6 Å². The Morgan fingerprint density at radius 1 is 1.14 bits per heavy atom. The number of fused-ring (bicyclic) bond motifs is 1. The van der Waals surface area contributed by atoms with Crippen molar-refractivity contribution in [1.29, 1.82) is 0 Å². The molecule has 0 bridgehead atoms. The van der Waals surface area contributed by atoms with Gasteiger partial charge in [0, 0.05) is 30.2 Å². The molecule has 0 aliphatic rings. The maximum absolute atomic E-state index is 12.8. The lowest BCUT2D eigenvalue weighted by Gasteiger charge is -2.19. The van der Waals surface area contributed by atoms with Gasteiger partial charge in [0.25, 0.3) is 0 Å². The maximum atomic E-state index is 12.8. The number of hydrogen-bond acceptors (Lipinski definition) is 5. The highest BCUT2D eigenvalue weighted by molar-refractivity contribution is 7.89. The molecule has 0 amide bonds. The van der Waals surface area contributed by atoms with Crippen molar-refractivity contribution in [3.05, 3.63) is 29.1 Å². The molecule has 2 rings (SSSR count). The molecule has 1 heterocycles. The predicted octanol–water partition coefficient (Wildman–Crippen LogP) is 1.58. The SMILES string of the molecule is CN(C)CCN(C)S(=O)(=O)c1c(CO)sc2ccccc12. The maximum Gasteiger partial charge on any atom is 0.244 e. The topological polar surface area (TPSA) is 60.9 Å². The van der Waals surface area contributed by atoms with Gasteiger partial charge < -0.3 is 10.0 Å². The molecular formula is C14H20N2O3S2. The number of rotatable bonds is 6. The lowest BCUT2D eigenvalue weighted by molar-refractivity contribution is 0.282. The van der Waals surface area contributed by atoms with Gasteiger partial charge in [-0.15, -0.1) is 11.3 Å². The summed E-state index contributed by atoms with van der Waals surface area (Å²) in [6.07, 6.45) is 0. The van der Waals surface area contributed by atoms with Crippen LogP contribution in [-0.2, 0) is 16.6 Å². The second kappa shape index (κ2) is 6.41. The Kier molecular flexibility index (Phi) is 5.00. The number of benzene rings is 1. The van der Waals surface area contributed by atoms with Crippen LogP contribution < -0.4 is 0 Å². The van der Waals surface area contributed by atoms with E-state index in [4.69, 9.17) is 0 Å². The zero-order valence-corrected chi connectivity index (χ0v) is 14.0. The van der Waals surface area contributed by atoms with Crippen LogP contribution in [0, 0.1) is 0 Å². The van der Waals surface area contributed by atoms with Gasteiger partial charge in [-0.2, -0.15) is 4.31 Å². The lowest BCUT2D eigenvalue weighted by atomic mass is 10.2. The van der Waals surface area contributed by atoms with Gasteiger partial charge in [0.15, 0.2) is 0 Å². The molecular weight excluding hydrogens is 308 g/mol. The molecule has 0 fully saturated rings. The van der Waals surface area contributed by atoms with E-state index in [1.54, 1.807) is 13.1 Å². The lowest BCUT2D eigenvalue weighted by Crippen LogP contribution is -2.33. The molecule has 0 saturated heterocycles. The molecule has 0 spiro atoms. The summed E-state index contributed by atoms with van der Waals surface area (Å²) in [7, 11) is 1.78. The van der Waals surface area contributed by atoms with Gasteiger partial charge in [-0.25, -0.2) is 8.42 Å². The molecule has 5 nitrogen and oxygen atoms in total. The average Bonchev–Trinajstić information content (AvgIpc) is 2.83. The number of aliphatic hydroxyl groups is 1. The summed E-state index contributed by atoms with van der Waals surface area (Å²) in [5, 5.41) is 10.2. The Labute approximate surface area is 129 Å². The minimum atomic E-state index is -3.60. The van der Waals surface area contributed by atoms with Crippen molar-refractivity contribution in [2.75, 3.05) is 34.2 Å². The molecule has 0 aliphatic heterocycles. The molecule has 0 unspecified atom stereocenters. The Morgan fingerprint density at radius 3 is 2.43 bits per heavy atom. The Bertz CT molecular complexity index is 723. The van der Waals surface area contributed by atoms with E-state index in [-0.39, 0.29) is 11.5 Å². The van der Waals surface area contributed by atoms with E-state index in [0.29, 0.717) is 23.4 Å². The summed E-state index contributed by atoms with van der Waals surface area (Å²) < 4.78 is 27.8. The summed E-state index contributed by atoms with van der Waals surface area (Å²) in [5.74, 6) is 0. The van der Waals surface area contributed by atoms with Crippen LogP contribution in [0.1, 0.15) is 4.88 Å². The van der Waals surface area contributed by atoms with Crippen molar-refractivity contribution < 1.29 is 13.5 Å². The quantitative estimate of drug-likeness (QED) is 0.874. The van der Waals surface area contributed by atoms with Gasteiger partial charge >= 0.3 is 0 Å². The fourth-order valence-corrected chi connectivity index (χ4v) is 4.98. The van der Waals surface area contributed by atoms with Crippen molar-refractivity contribution in [3.8, 4) is 0 Å². The van der Waals surface area contributed by atoms with Crippen LogP contribution in [0.3, 0.4) is 0 Å². The molecule has 1 aromatic heterocycles. The van der Waals surface area contributed by atoms with Gasteiger partial charge in [0.2, 0.25) is 10.0 Å². The van der Waals surface area contributed by atoms with Crippen LogP contribution in [0.2, 0.25) is 0 Å². The van der Waals surface area contributed by atoms with Crippen molar-refractivity contribution in [2.45, 2.75) is 11.5 Å². The Balaban J connectivity index is 2.48. The average molecular weight is 328 g/mol. The largest absolute Gasteiger partial charge is 0.391 e. The van der Waals surface area contributed by atoms with Crippen LogP contribution >= 0.6 is 11.3 Å². The van der Waals surface area contributed by atoms with E-state index < -0.39 is 10.0 Å². The predicted molar refractivity (Wildman–Crippen MR) is 86.1 cm³/mol. The number of likely N-dealkylation sites (N-methyl/N-ethyl adjacent to an activating group) is 2. The fourth-order valence-electron chi connectivity index (χ4n) is 2.08. The second-order valence-corrected chi connectivity index (χ2v) is 8.26. The first-order valence-electron chi connectivity index (χ1n) is 6.60. The summed E-state index contributed by atoms with van der Waals surface area (Å²) in [6.45, 7) is 0.784. The van der Waals surface area contributed by atoms with Gasteiger partial charge in [0.1, 0.15) is 4.90 Å². The molecule has 2 aromatic rings. The molecule has 21 heavy (non-hydrogen) atoms. The number of hydrogen-bond donors (Lipinski definition) is 1. The monoisotopic (exact) mass is 328 g/mol. The molecule has 7 heteroatoms. The standard InChI is InChI=1S/C14H20N2O3S2/c1-15(2)8-9-16(3)21(18,19)14-11-6-4-5-7-12(11)20-13(14)10-17/h4-7,17H,8-10H2,1-3H3. The molecule has 0 aliphatic carbocycles. The summed E-state index contributed by atoms with van der Waals surface area (Å²) >= 11 is 1.33. The van der Waals surface area contributed by atoms with Crippen LogP contribution in [0.5, 0.6) is 0 Å². The number of sulfonamides is 1. The highest BCUT2D eigenvalue weighted by Gasteiger charge is 2.28. The fraction of sp³-hybridized carbons (Fsp3) is 0.429. The van der Waals surface area contributed by atoms with Crippen molar-refractivity contribution >= 4 is 31.4 Å². The van der Waals surface area contributed by atoms with E-state index in [0.717, 1.165) is 4.70 Å². The van der Waals surface area contributed by atoms with E-state index in [2.05, 4.69) is 0 Å². The summed E-state index contributed by atoms with van der Waals surface area (Å²) in [6, 6.07) is 7.34. The second-order valence-electron chi connectivity index (χ2n) is 5.14. The first-order chi connectivity index (χ1) is 9.87. The highest BCUT2D eigenvalue weighted by Crippen LogP contribution is 2.35. The minimum absolute atomic E-state index is 0.242. The summed E-state index contributed by atoms with van der Waals surface area (Å²) in [5.41, 5.74) is 0. The highest BCUT2D eigenvalue weighted by atomic mass is 32.2. The minimum Gasteiger partial charge on any atom is -0.391 e. The molecule has 0 atom stereocenters. The molecule has 1 N–H and O–H groups in total. The molecule has 116 valence electrons. The normalized spacial score (nSPS) is 12.7. The van der Waals surface area contributed by atoms with Gasteiger partial charge in [-0.05, 0) is 20.2 Å². The molecule has 0 radical (unpaired) electrons. The third kappa shape index (κ3) is 3.27. The summed E-state index contributed by atoms with van der Waals surface area (Å²) in [4.78, 5) is 2.67. The third-order valence-corrected chi connectivity index (χ3v) is 6.56. The Hall–Kier alpha value is -0.990. The zero-order valence-electron chi connectivity index (χ0n) is 12.4. The molecule has 1 aromatic carbocycles. The van der Waals surface area contributed by atoms with Crippen molar-refractivity contribution in [1.82, 2.24) is 9.21 Å². The molecule has 0 saturated carbocycles. The number of aliphatic hydroxyl groups excluding tert-OH is 1. The number of thiophene rings is 1. The van der Waals surface area contributed by atoms with Crippen LogP contribution in [0.4, 0.5) is 0 Å². The van der Waals surface area contributed by atoms with Crippen molar-refractivity contribution in [3.63, 3.8) is 0 Å². The van der Waals surface area contributed by atoms with Crippen LogP contribution in [0.15, 0.2) is 29.2 Å². The van der Waals surface area contributed by atoms with Crippen LogP contribution in [0.25, 0.3) is 10.1 Å². The van der Waals surface area contributed by atoms with E-state index >= 15 is 0 Å². The Morgan fingerprint density at radius 2 is 1.81 bits per heavy atom. The van der Waals surface area contributed by atoms with Gasteiger partial charge in [-0.3, -0.25) is 0 Å². The number of nitrogens with zero attached hydrogens (tertiary/aromatic N) is 2. The first-order valence-corrected chi connectivity index (χ1v) is 8.86. The smallest absolute Gasteiger partial charge is 0.244 e. The van der Waals surface area contributed by atoms with Gasteiger partial charge in [0.05, 0.1) is 11.5 Å². The van der Waals surface area contributed by atoms with E-state index in [9.17, 15) is 13.5 Å². The van der Waals surface area contributed by atoms with Crippen molar-refractivity contribution in [2.24, 2.45) is 0 Å². The third-order valence-electron chi connectivity index (χ3n) is 3.29. The van der Waals surface area contributed by atoms with Crippen LogP contribution in [-0.4, -0.2) is 57.0 Å². The van der Waals surface area contributed by atoms with E-state index in [1.807, 2.05) is 37.2 Å². The zero-order chi connectivity index (χ0) is 15.6. The van der Waals surface area contributed by atoms with Gasteiger partial charge in [-0.1, -0.05) is 18.2 Å². The first kappa shape index (κ1) is 16.4.